The minimum Gasteiger partial charge on any atom is -0.508 e. The molecule has 4 N–H and O–H groups in total. The van der Waals surface area contributed by atoms with E-state index in [9.17, 15) is 25.2 Å². The second kappa shape index (κ2) is 4.45. The van der Waals surface area contributed by atoms with Gasteiger partial charge in [-0.1, -0.05) is 6.07 Å². The first kappa shape index (κ1) is 12.9. The van der Waals surface area contributed by atoms with E-state index in [4.69, 9.17) is 4.74 Å². The summed E-state index contributed by atoms with van der Waals surface area (Å²) in [6.45, 7) is 0. The number of hydrogen-bond acceptors (Lipinski definition) is 6. The van der Waals surface area contributed by atoms with Crippen LogP contribution in [0.4, 0.5) is 0 Å². The number of benzene rings is 2. The van der Waals surface area contributed by atoms with Gasteiger partial charge in [-0.2, -0.15) is 0 Å². The third-order valence-corrected chi connectivity index (χ3v) is 3.03. The molecule has 0 saturated heterocycles. The van der Waals surface area contributed by atoms with Gasteiger partial charge in [0.05, 0.1) is 0 Å². The van der Waals surface area contributed by atoms with Crippen LogP contribution in [0.1, 0.15) is 15.9 Å². The van der Waals surface area contributed by atoms with Gasteiger partial charge in [0.25, 0.3) is 0 Å². The zero-order valence-corrected chi connectivity index (χ0v) is 10.6. The predicted molar refractivity (Wildman–Crippen MR) is 72.5 cm³/mol. The van der Waals surface area contributed by atoms with Crippen LogP contribution in [0.15, 0.2) is 36.1 Å². The van der Waals surface area contributed by atoms with Gasteiger partial charge in [0.1, 0.15) is 22.8 Å². The van der Waals surface area contributed by atoms with Crippen LogP contribution in [0.5, 0.6) is 28.7 Å². The van der Waals surface area contributed by atoms with Gasteiger partial charge < -0.3 is 25.2 Å². The molecule has 2 aromatic carbocycles. The Balaban J connectivity index is 2.03. The van der Waals surface area contributed by atoms with E-state index in [2.05, 4.69) is 0 Å². The summed E-state index contributed by atoms with van der Waals surface area (Å²) >= 11 is 0. The van der Waals surface area contributed by atoms with E-state index in [1.165, 1.54) is 30.3 Å². The van der Waals surface area contributed by atoms with Gasteiger partial charge in [0.2, 0.25) is 5.78 Å². The van der Waals surface area contributed by atoms with Crippen molar-refractivity contribution >= 4 is 11.9 Å². The first-order valence-electron chi connectivity index (χ1n) is 5.98. The van der Waals surface area contributed by atoms with Crippen LogP contribution in [-0.4, -0.2) is 26.2 Å². The summed E-state index contributed by atoms with van der Waals surface area (Å²) in [4.78, 5) is 12.1. The lowest BCUT2D eigenvalue weighted by molar-refractivity contribution is 0.101. The summed E-state index contributed by atoms with van der Waals surface area (Å²) in [6, 6.07) is 6.30. The molecule has 0 saturated carbocycles. The van der Waals surface area contributed by atoms with Crippen molar-refractivity contribution in [2.75, 3.05) is 0 Å². The number of carbonyl (C=O) groups excluding carboxylic acids is 1. The smallest absolute Gasteiger partial charge is 0.235 e. The van der Waals surface area contributed by atoms with Crippen LogP contribution in [0.25, 0.3) is 6.08 Å². The van der Waals surface area contributed by atoms with Crippen molar-refractivity contribution in [1.82, 2.24) is 0 Å². The Labute approximate surface area is 118 Å². The van der Waals surface area contributed by atoms with Crippen LogP contribution >= 0.6 is 0 Å². The van der Waals surface area contributed by atoms with Gasteiger partial charge in [-0.3, -0.25) is 4.79 Å². The number of ketones is 1. The van der Waals surface area contributed by atoms with Crippen molar-refractivity contribution in [2.24, 2.45) is 0 Å². The number of allylic oxidation sites excluding steroid dienone is 1. The van der Waals surface area contributed by atoms with Gasteiger partial charge in [0, 0.05) is 12.1 Å². The van der Waals surface area contributed by atoms with Crippen LogP contribution in [0, 0.1) is 0 Å². The third-order valence-electron chi connectivity index (χ3n) is 3.03. The maximum Gasteiger partial charge on any atom is 0.235 e. The van der Waals surface area contributed by atoms with Crippen LogP contribution < -0.4 is 4.74 Å². The molecule has 1 aliphatic rings. The molecule has 1 aliphatic heterocycles. The van der Waals surface area contributed by atoms with Crippen LogP contribution in [0.3, 0.4) is 0 Å². The van der Waals surface area contributed by atoms with Crippen molar-refractivity contribution < 1.29 is 30.0 Å². The fourth-order valence-electron chi connectivity index (χ4n) is 2.06. The minimum atomic E-state index is -0.532. The molecule has 0 aliphatic carbocycles. The van der Waals surface area contributed by atoms with Gasteiger partial charge >= 0.3 is 0 Å². The number of ether oxygens (including phenoxy) is 1. The molecular weight excluding hydrogens is 276 g/mol. The molecule has 0 spiro atoms. The molecule has 0 atom stereocenters. The van der Waals surface area contributed by atoms with E-state index >= 15 is 0 Å². The molecule has 106 valence electrons. The average molecular weight is 286 g/mol. The highest BCUT2D eigenvalue weighted by Crippen LogP contribution is 2.40. The lowest BCUT2D eigenvalue weighted by atomic mass is 10.1. The lowest BCUT2D eigenvalue weighted by Gasteiger charge is -2.01. The van der Waals surface area contributed by atoms with Crippen molar-refractivity contribution in [3.8, 4) is 28.7 Å². The average Bonchev–Trinajstić information content (AvgIpc) is 2.70. The van der Waals surface area contributed by atoms with E-state index < -0.39 is 5.78 Å². The van der Waals surface area contributed by atoms with E-state index in [1.807, 2.05) is 0 Å². The number of carbonyl (C=O) groups is 1. The van der Waals surface area contributed by atoms with Crippen molar-refractivity contribution in [2.45, 2.75) is 0 Å². The van der Waals surface area contributed by atoms with Crippen LogP contribution in [0.2, 0.25) is 0 Å². The largest absolute Gasteiger partial charge is 0.508 e. The maximum atomic E-state index is 12.1. The minimum absolute atomic E-state index is 0.0259. The number of fused-ring (bicyclic) bond motifs is 1. The van der Waals surface area contributed by atoms with E-state index in [1.54, 1.807) is 0 Å². The van der Waals surface area contributed by atoms with E-state index in [0.29, 0.717) is 5.56 Å². The Kier molecular flexibility index (Phi) is 2.72. The molecule has 0 aromatic heterocycles. The summed E-state index contributed by atoms with van der Waals surface area (Å²) < 4.78 is 5.30. The second-order valence-electron chi connectivity index (χ2n) is 4.53. The fraction of sp³-hybridized carbons (Fsp3) is 0. The van der Waals surface area contributed by atoms with Crippen molar-refractivity contribution in [3.05, 3.63) is 47.2 Å². The van der Waals surface area contributed by atoms with Gasteiger partial charge in [-0.15, -0.1) is 0 Å². The van der Waals surface area contributed by atoms with Gasteiger partial charge in [-0.05, 0) is 23.8 Å². The monoisotopic (exact) mass is 286 g/mol. The number of Topliss-reactive ketones (excluding diaryl/α,β-unsaturated/α-hetero) is 1. The molecule has 6 heteroatoms. The summed E-state index contributed by atoms with van der Waals surface area (Å²) in [5, 5.41) is 37.7. The zero-order valence-electron chi connectivity index (χ0n) is 10.6. The Morgan fingerprint density at radius 3 is 2.38 bits per heavy atom. The number of hydrogen-bond donors (Lipinski definition) is 4. The molecule has 0 radical (unpaired) electrons. The van der Waals surface area contributed by atoms with Gasteiger partial charge in [-0.25, -0.2) is 0 Å². The number of phenolic OH excluding ortho intramolecular Hbond substituents is 4. The quantitative estimate of drug-likeness (QED) is 0.472. The Morgan fingerprint density at radius 1 is 0.905 bits per heavy atom. The standard InChI is InChI=1S/C15H10O6/c16-8-5-11(19)14-12(6-8)21-13(15(14)20)4-7-1-2-9(17)10(18)3-7/h1-6,16-19H/b13-4+. The molecule has 0 unspecified atom stereocenters. The number of aromatic hydroxyl groups is 4. The summed E-state index contributed by atoms with van der Waals surface area (Å²) in [5.74, 6) is -1.72. The molecule has 2 aromatic rings. The maximum absolute atomic E-state index is 12.1. The van der Waals surface area contributed by atoms with Gasteiger partial charge in [0.15, 0.2) is 17.3 Å². The zero-order chi connectivity index (χ0) is 15.1. The first-order chi connectivity index (χ1) is 9.95. The molecule has 0 bridgehead atoms. The van der Waals surface area contributed by atoms with E-state index in [0.717, 1.165) is 6.07 Å². The summed E-state index contributed by atoms with van der Waals surface area (Å²) in [7, 11) is 0. The molecule has 21 heavy (non-hydrogen) atoms. The molecule has 0 amide bonds. The highest BCUT2D eigenvalue weighted by atomic mass is 16.5. The highest BCUT2D eigenvalue weighted by Gasteiger charge is 2.31. The Morgan fingerprint density at radius 2 is 1.67 bits per heavy atom. The fourth-order valence-corrected chi connectivity index (χ4v) is 2.06. The summed E-state index contributed by atoms with van der Waals surface area (Å²) in [5.41, 5.74) is 0.409. The molecule has 3 rings (SSSR count). The Hall–Kier alpha value is -3.15. The Bertz CT molecular complexity index is 791. The molecule has 1 heterocycles. The number of phenols is 4. The normalized spacial score (nSPS) is 15.0. The molecule has 6 nitrogen and oxygen atoms in total. The SMILES string of the molecule is O=C1/C(=C\c2ccc(O)c(O)c2)Oc2cc(O)cc(O)c21. The molecular formula is C15H10O6. The highest BCUT2D eigenvalue weighted by molar-refractivity contribution is 6.16. The topological polar surface area (TPSA) is 107 Å². The summed E-state index contributed by atoms with van der Waals surface area (Å²) in [6.07, 6.45) is 1.36. The second-order valence-corrected chi connectivity index (χ2v) is 4.53. The lowest BCUT2D eigenvalue weighted by Crippen LogP contribution is -1.98. The molecule has 0 fully saturated rings. The number of rotatable bonds is 1. The van der Waals surface area contributed by atoms with Crippen molar-refractivity contribution in [1.29, 1.82) is 0 Å². The van der Waals surface area contributed by atoms with Crippen molar-refractivity contribution in [3.63, 3.8) is 0 Å². The van der Waals surface area contributed by atoms with Crippen LogP contribution in [-0.2, 0) is 0 Å². The predicted octanol–water partition coefficient (Wildman–Crippen LogP) is 2.13. The third kappa shape index (κ3) is 2.12. The van der Waals surface area contributed by atoms with E-state index in [-0.39, 0.29) is 40.1 Å². The first-order valence-corrected chi connectivity index (χ1v) is 5.98.